The van der Waals surface area contributed by atoms with E-state index < -0.39 is 0 Å². The summed E-state index contributed by atoms with van der Waals surface area (Å²) in [6.45, 7) is 6.55. The molecule has 204 valence electrons. The van der Waals surface area contributed by atoms with Gasteiger partial charge in [0.25, 0.3) is 5.91 Å². The molecule has 0 unspecified atom stereocenters. The van der Waals surface area contributed by atoms with Crippen molar-refractivity contribution in [2.75, 3.05) is 19.6 Å². The predicted octanol–water partition coefficient (Wildman–Crippen LogP) is 5.84. The minimum atomic E-state index is -0.132. The number of fused-ring (bicyclic) bond motifs is 1. The number of aromatic nitrogens is 1. The normalized spacial score (nSPS) is 13.8. The molecule has 3 amide bonds. The molecular weight excluding hydrogens is 502 g/mol. The van der Waals surface area contributed by atoms with Crippen molar-refractivity contribution in [3.8, 4) is 17.5 Å². The van der Waals surface area contributed by atoms with E-state index in [2.05, 4.69) is 35.5 Å². The number of amides is 3. The molecule has 0 saturated carbocycles. The molecule has 0 aliphatic carbocycles. The fourth-order valence-corrected chi connectivity index (χ4v) is 5.00. The van der Waals surface area contributed by atoms with Crippen molar-refractivity contribution in [3.63, 3.8) is 0 Å². The second-order valence-corrected chi connectivity index (χ2v) is 10.6. The number of piperidine rings is 1. The second kappa shape index (κ2) is 12.0. The minimum Gasteiger partial charge on any atom is -0.436 e. The third kappa shape index (κ3) is 6.15. The van der Waals surface area contributed by atoms with Crippen molar-refractivity contribution in [2.24, 2.45) is 5.92 Å². The van der Waals surface area contributed by atoms with Crippen LogP contribution in [0.2, 0.25) is 0 Å². The van der Waals surface area contributed by atoms with Crippen LogP contribution in [0.3, 0.4) is 0 Å². The van der Waals surface area contributed by atoms with Crippen molar-refractivity contribution >= 4 is 23.0 Å². The third-order valence-corrected chi connectivity index (χ3v) is 7.40. The Bertz CT molecular complexity index is 1530. The summed E-state index contributed by atoms with van der Waals surface area (Å²) in [7, 11) is 0. The molecule has 3 aromatic carbocycles. The smallest absolute Gasteiger partial charge is 0.317 e. The van der Waals surface area contributed by atoms with Crippen LogP contribution in [0.25, 0.3) is 22.6 Å². The quantitative estimate of drug-likeness (QED) is 0.309. The molecule has 0 spiro atoms. The van der Waals surface area contributed by atoms with E-state index >= 15 is 0 Å². The highest BCUT2D eigenvalue weighted by Gasteiger charge is 2.23. The molecular formula is C32H33N5O3. The number of nitrogens with zero attached hydrogens (tertiary/aromatic N) is 3. The van der Waals surface area contributed by atoms with Crippen molar-refractivity contribution in [3.05, 3.63) is 89.0 Å². The van der Waals surface area contributed by atoms with Gasteiger partial charge in [-0.05, 0) is 66.6 Å². The number of nitrogens with one attached hydrogen (secondary N) is 2. The minimum absolute atomic E-state index is 0.0451. The van der Waals surface area contributed by atoms with Gasteiger partial charge in [-0.15, -0.1) is 0 Å². The van der Waals surface area contributed by atoms with E-state index in [0.29, 0.717) is 60.2 Å². The highest BCUT2D eigenvalue weighted by atomic mass is 16.3. The molecule has 8 heteroatoms. The molecule has 5 rings (SSSR count). The SMILES string of the molecule is CC(C)c1cc(C#N)cc2nc(-c3ccc(C(=O)NCC4CCN(C(=O)NCc5ccccc5)CC4)cc3)oc12. The average Bonchev–Trinajstić information content (AvgIpc) is 3.43. The van der Waals surface area contributed by atoms with Crippen molar-refractivity contribution in [2.45, 2.75) is 39.2 Å². The van der Waals surface area contributed by atoms with Crippen molar-refractivity contribution in [1.82, 2.24) is 20.5 Å². The molecule has 1 aromatic heterocycles. The van der Waals surface area contributed by atoms with Crippen LogP contribution in [0, 0.1) is 17.2 Å². The van der Waals surface area contributed by atoms with E-state index in [-0.39, 0.29) is 17.9 Å². The standard InChI is InChI=1S/C32H33N5O3/c1-21(2)27-16-24(18-33)17-28-29(27)40-31(36-28)26-10-8-25(9-11-26)30(38)34-19-23-12-14-37(15-13-23)32(39)35-20-22-6-4-3-5-7-22/h3-11,16-17,21,23H,12-15,19-20H2,1-2H3,(H,34,38)(H,35,39). The third-order valence-electron chi connectivity index (χ3n) is 7.40. The average molecular weight is 536 g/mol. The van der Waals surface area contributed by atoms with E-state index in [1.165, 1.54) is 0 Å². The lowest BCUT2D eigenvalue weighted by Crippen LogP contribution is -2.45. The molecule has 1 aliphatic rings. The number of carbonyl (C=O) groups excluding carboxylic acids is 2. The molecule has 1 saturated heterocycles. The van der Waals surface area contributed by atoms with Crippen LogP contribution in [0.1, 0.15) is 59.7 Å². The number of hydrogen-bond acceptors (Lipinski definition) is 5. The predicted molar refractivity (Wildman–Crippen MR) is 154 cm³/mol. The van der Waals surface area contributed by atoms with Crippen LogP contribution >= 0.6 is 0 Å². The van der Waals surface area contributed by atoms with Gasteiger partial charge in [0.05, 0.1) is 11.6 Å². The maximum Gasteiger partial charge on any atom is 0.317 e. The van der Waals surface area contributed by atoms with Crippen molar-refractivity contribution < 1.29 is 14.0 Å². The Hall–Kier alpha value is -4.64. The highest BCUT2D eigenvalue weighted by Crippen LogP contribution is 2.31. The first kappa shape index (κ1) is 26.9. The summed E-state index contributed by atoms with van der Waals surface area (Å²) in [6.07, 6.45) is 1.70. The lowest BCUT2D eigenvalue weighted by atomic mass is 9.97. The Morgan fingerprint density at radius 2 is 1.77 bits per heavy atom. The summed E-state index contributed by atoms with van der Waals surface area (Å²) in [6, 6.07) is 22.8. The zero-order chi connectivity index (χ0) is 28.1. The van der Waals surface area contributed by atoms with Crippen LogP contribution in [0.5, 0.6) is 0 Å². The zero-order valence-electron chi connectivity index (χ0n) is 22.8. The largest absolute Gasteiger partial charge is 0.436 e. The Morgan fingerprint density at radius 3 is 2.45 bits per heavy atom. The van der Waals surface area contributed by atoms with Crippen LogP contribution in [-0.4, -0.2) is 41.5 Å². The zero-order valence-corrected chi connectivity index (χ0v) is 22.8. The van der Waals surface area contributed by atoms with Gasteiger partial charge in [0.15, 0.2) is 5.58 Å². The summed E-state index contributed by atoms with van der Waals surface area (Å²) < 4.78 is 6.08. The second-order valence-electron chi connectivity index (χ2n) is 10.6. The Labute approximate surface area is 234 Å². The molecule has 0 bridgehead atoms. The summed E-state index contributed by atoms with van der Waals surface area (Å²) >= 11 is 0. The summed E-state index contributed by atoms with van der Waals surface area (Å²) in [5.74, 6) is 0.840. The Morgan fingerprint density at radius 1 is 1.05 bits per heavy atom. The van der Waals surface area contributed by atoms with Gasteiger partial charge in [0, 0.05) is 42.9 Å². The number of oxazole rings is 1. The lowest BCUT2D eigenvalue weighted by molar-refractivity contribution is 0.0938. The topological polar surface area (TPSA) is 111 Å². The van der Waals surface area contributed by atoms with E-state index in [4.69, 9.17) is 4.42 Å². The molecule has 0 radical (unpaired) electrons. The van der Waals surface area contributed by atoms with Gasteiger partial charge in [-0.2, -0.15) is 5.26 Å². The number of hydrogen-bond donors (Lipinski definition) is 2. The van der Waals surface area contributed by atoms with Crippen molar-refractivity contribution in [1.29, 1.82) is 5.26 Å². The first-order valence-electron chi connectivity index (χ1n) is 13.7. The summed E-state index contributed by atoms with van der Waals surface area (Å²) in [5, 5.41) is 15.4. The van der Waals surface area contributed by atoms with E-state index in [1.807, 2.05) is 53.4 Å². The van der Waals surface area contributed by atoms with E-state index in [0.717, 1.165) is 29.5 Å². The van der Waals surface area contributed by atoms with Crippen LogP contribution < -0.4 is 10.6 Å². The fourth-order valence-electron chi connectivity index (χ4n) is 5.00. The number of carbonyl (C=O) groups is 2. The Balaban J connectivity index is 1.12. The van der Waals surface area contributed by atoms with Gasteiger partial charge >= 0.3 is 6.03 Å². The van der Waals surface area contributed by atoms with Gasteiger partial charge in [-0.1, -0.05) is 44.2 Å². The molecule has 1 fully saturated rings. The van der Waals surface area contributed by atoms with Crippen LogP contribution in [-0.2, 0) is 6.54 Å². The monoisotopic (exact) mass is 535 g/mol. The number of rotatable bonds is 7. The maximum atomic E-state index is 12.8. The number of urea groups is 1. The number of nitriles is 1. The van der Waals surface area contributed by atoms with Gasteiger partial charge in [0.2, 0.25) is 5.89 Å². The Kier molecular flexibility index (Phi) is 8.11. The maximum absolute atomic E-state index is 12.8. The molecule has 1 aliphatic heterocycles. The summed E-state index contributed by atoms with van der Waals surface area (Å²) in [4.78, 5) is 31.8. The fraction of sp³-hybridized carbons (Fsp3) is 0.312. The van der Waals surface area contributed by atoms with Gasteiger partial charge < -0.3 is 20.0 Å². The molecule has 40 heavy (non-hydrogen) atoms. The molecule has 0 atom stereocenters. The van der Waals surface area contributed by atoms with Gasteiger partial charge in [-0.3, -0.25) is 4.79 Å². The number of likely N-dealkylation sites (tertiary alicyclic amines) is 1. The van der Waals surface area contributed by atoms with Gasteiger partial charge in [-0.25, -0.2) is 9.78 Å². The number of benzene rings is 3. The van der Waals surface area contributed by atoms with E-state index in [9.17, 15) is 14.9 Å². The molecule has 2 N–H and O–H groups in total. The van der Waals surface area contributed by atoms with Gasteiger partial charge in [0.1, 0.15) is 5.52 Å². The molecule has 8 nitrogen and oxygen atoms in total. The lowest BCUT2D eigenvalue weighted by Gasteiger charge is -2.32. The van der Waals surface area contributed by atoms with E-state index in [1.54, 1.807) is 18.2 Å². The molecule has 4 aromatic rings. The van der Waals surface area contributed by atoms with Crippen LogP contribution in [0.15, 0.2) is 71.1 Å². The van der Waals surface area contributed by atoms with Crippen LogP contribution in [0.4, 0.5) is 4.79 Å². The first-order valence-corrected chi connectivity index (χ1v) is 13.7. The highest BCUT2D eigenvalue weighted by molar-refractivity contribution is 5.94. The molecule has 2 heterocycles. The summed E-state index contributed by atoms with van der Waals surface area (Å²) in [5.41, 5.74) is 5.24. The first-order chi connectivity index (χ1) is 19.4.